The molecule has 2 heterocycles. The normalized spacial score (nSPS) is 11.6. The number of fused-ring (bicyclic) bond motifs is 1. The van der Waals surface area contributed by atoms with Crippen LogP contribution in [-0.4, -0.2) is 11.1 Å². The van der Waals surface area contributed by atoms with E-state index in [2.05, 4.69) is 71.0 Å². The summed E-state index contributed by atoms with van der Waals surface area (Å²) in [6.45, 7) is 7.44. The zero-order valence-electron chi connectivity index (χ0n) is 12.7. The topological polar surface area (TPSA) is 17.0 Å². The molecule has 0 fully saturated rings. The number of aromatic nitrogens is 1. The van der Waals surface area contributed by atoms with E-state index >= 15 is 0 Å². The van der Waals surface area contributed by atoms with Crippen molar-refractivity contribution in [2.75, 3.05) is 6.54 Å². The molecule has 0 aliphatic carbocycles. The molecule has 0 radical (unpaired) electrons. The van der Waals surface area contributed by atoms with Crippen LogP contribution >= 0.6 is 11.3 Å². The van der Waals surface area contributed by atoms with E-state index in [1.54, 1.807) is 11.3 Å². The van der Waals surface area contributed by atoms with E-state index in [-0.39, 0.29) is 0 Å². The number of benzene rings is 1. The molecule has 110 valence electrons. The number of thiophene rings is 1. The van der Waals surface area contributed by atoms with Crippen molar-refractivity contribution in [1.82, 2.24) is 9.88 Å². The summed E-state index contributed by atoms with van der Waals surface area (Å²) in [6.07, 6.45) is 2.30. The van der Waals surface area contributed by atoms with Crippen molar-refractivity contribution in [2.45, 2.75) is 26.9 Å². The summed E-state index contributed by atoms with van der Waals surface area (Å²) in [5, 5.41) is 9.29. The van der Waals surface area contributed by atoms with Gasteiger partial charge in [-0.05, 0) is 46.5 Å². The smallest absolute Gasteiger partial charge is 0.0486 e. The third-order valence-corrected chi connectivity index (χ3v) is 4.40. The largest absolute Gasteiger partial charge is 0.343 e. The average Bonchev–Trinajstić information content (AvgIpc) is 3.09. The summed E-state index contributed by atoms with van der Waals surface area (Å²) < 4.78 is 2.36. The van der Waals surface area contributed by atoms with Crippen molar-refractivity contribution < 1.29 is 0 Å². The van der Waals surface area contributed by atoms with Gasteiger partial charge in [-0.3, -0.25) is 0 Å². The van der Waals surface area contributed by atoms with E-state index in [0.717, 1.165) is 19.6 Å². The lowest BCUT2D eigenvalue weighted by atomic mass is 10.1. The monoisotopic (exact) mass is 298 g/mol. The maximum absolute atomic E-state index is 3.55. The van der Waals surface area contributed by atoms with Gasteiger partial charge in [-0.15, -0.1) is 0 Å². The maximum Gasteiger partial charge on any atom is 0.0486 e. The standard InChI is InChI=1S/C18H22N2S/c1-14(2)9-19-10-16-12-20(11-15-7-8-21-13-15)18-6-4-3-5-17(16)18/h3-8,12-14,19H,9-11H2,1-2H3. The van der Waals surface area contributed by atoms with Gasteiger partial charge >= 0.3 is 0 Å². The van der Waals surface area contributed by atoms with Gasteiger partial charge in [0.25, 0.3) is 0 Å². The van der Waals surface area contributed by atoms with Gasteiger partial charge in [0.05, 0.1) is 0 Å². The Morgan fingerprint density at radius 2 is 2.05 bits per heavy atom. The van der Waals surface area contributed by atoms with Gasteiger partial charge in [0.15, 0.2) is 0 Å². The molecule has 0 aliphatic rings. The Morgan fingerprint density at radius 1 is 1.19 bits per heavy atom. The molecule has 21 heavy (non-hydrogen) atoms. The Hall–Kier alpha value is -1.58. The van der Waals surface area contributed by atoms with Crippen molar-refractivity contribution in [1.29, 1.82) is 0 Å². The molecule has 0 unspecified atom stereocenters. The number of rotatable bonds is 6. The van der Waals surface area contributed by atoms with Crippen molar-refractivity contribution in [3.05, 3.63) is 58.4 Å². The highest BCUT2D eigenvalue weighted by Gasteiger charge is 2.08. The number of nitrogens with zero attached hydrogens (tertiary/aromatic N) is 1. The minimum Gasteiger partial charge on any atom is -0.343 e. The van der Waals surface area contributed by atoms with Gasteiger partial charge in [0.2, 0.25) is 0 Å². The molecule has 0 aliphatic heterocycles. The van der Waals surface area contributed by atoms with Gasteiger partial charge in [-0.2, -0.15) is 11.3 Å². The Labute approximate surface area is 130 Å². The number of hydrogen-bond donors (Lipinski definition) is 1. The SMILES string of the molecule is CC(C)CNCc1cn(Cc2ccsc2)c2ccccc12. The number of para-hydroxylation sites is 1. The van der Waals surface area contributed by atoms with Gasteiger partial charge in [0.1, 0.15) is 0 Å². The molecule has 0 amide bonds. The second kappa shape index (κ2) is 6.46. The predicted octanol–water partition coefficient (Wildman–Crippen LogP) is 4.50. The lowest BCUT2D eigenvalue weighted by Gasteiger charge is -2.06. The lowest BCUT2D eigenvalue weighted by Crippen LogP contribution is -2.18. The lowest BCUT2D eigenvalue weighted by molar-refractivity contribution is 0.553. The third-order valence-electron chi connectivity index (χ3n) is 3.67. The second-order valence-electron chi connectivity index (χ2n) is 5.96. The Kier molecular flexibility index (Phi) is 4.42. The van der Waals surface area contributed by atoms with E-state index < -0.39 is 0 Å². The molecule has 0 saturated heterocycles. The van der Waals surface area contributed by atoms with Crippen LogP contribution in [0.25, 0.3) is 10.9 Å². The number of nitrogens with one attached hydrogen (secondary N) is 1. The van der Waals surface area contributed by atoms with Gasteiger partial charge in [0, 0.05) is 30.2 Å². The molecule has 1 aromatic carbocycles. The first-order valence-corrected chi connectivity index (χ1v) is 8.47. The Bertz CT molecular complexity index is 695. The molecule has 3 rings (SSSR count). The van der Waals surface area contributed by atoms with Gasteiger partial charge < -0.3 is 9.88 Å². The van der Waals surface area contributed by atoms with E-state index in [0.29, 0.717) is 5.92 Å². The zero-order valence-corrected chi connectivity index (χ0v) is 13.5. The molecule has 0 saturated carbocycles. The molecule has 0 spiro atoms. The van der Waals surface area contributed by atoms with Crippen molar-refractivity contribution in [2.24, 2.45) is 5.92 Å². The van der Waals surface area contributed by atoms with Crippen molar-refractivity contribution in [3.63, 3.8) is 0 Å². The van der Waals surface area contributed by atoms with Crippen LogP contribution in [0.5, 0.6) is 0 Å². The van der Waals surface area contributed by atoms with Crippen LogP contribution in [0.4, 0.5) is 0 Å². The zero-order chi connectivity index (χ0) is 14.7. The van der Waals surface area contributed by atoms with Crippen LogP contribution in [0.3, 0.4) is 0 Å². The predicted molar refractivity (Wildman–Crippen MR) is 91.9 cm³/mol. The minimum atomic E-state index is 0.684. The minimum absolute atomic E-state index is 0.684. The first kappa shape index (κ1) is 14.4. The van der Waals surface area contributed by atoms with Crippen LogP contribution in [0.1, 0.15) is 25.0 Å². The van der Waals surface area contributed by atoms with E-state index in [9.17, 15) is 0 Å². The molecule has 0 bridgehead atoms. The Balaban J connectivity index is 1.86. The molecule has 0 atom stereocenters. The molecular weight excluding hydrogens is 276 g/mol. The fraction of sp³-hybridized carbons (Fsp3) is 0.333. The molecule has 2 nitrogen and oxygen atoms in total. The summed E-state index contributed by atoms with van der Waals surface area (Å²) in [4.78, 5) is 0. The molecule has 2 aromatic heterocycles. The van der Waals surface area contributed by atoms with E-state index in [1.165, 1.54) is 22.0 Å². The third kappa shape index (κ3) is 3.36. The average molecular weight is 298 g/mol. The van der Waals surface area contributed by atoms with Crippen LogP contribution in [-0.2, 0) is 13.1 Å². The van der Waals surface area contributed by atoms with Crippen LogP contribution < -0.4 is 5.32 Å². The summed E-state index contributed by atoms with van der Waals surface area (Å²) in [5.41, 5.74) is 4.09. The quantitative estimate of drug-likeness (QED) is 0.709. The highest BCUT2D eigenvalue weighted by molar-refractivity contribution is 7.07. The van der Waals surface area contributed by atoms with E-state index in [4.69, 9.17) is 0 Å². The summed E-state index contributed by atoms with van der Waals surface area (Å²) >= 11 is 1.76. The molecule has 3 heteroatoms. The fourth-order valence-corrected chi connectivity index (χ4v) is 3.33. The first-order chi connectivity index (χ1) is 10.2. The van der Waals surface area contributed by atoms with Crippen LogP contribution in [0.2, 0.25) is 0 Å². The van der Waals surface area contributed by atoms with Crippen LogP contribution in [0, 0.1) is 5.92 Å². The summed E-state index contributed by atoms with van der Waals surface area (Å²) in [5.74, 6) is 0.684. The maximum atomic E-state index is 3.55. The summed E-state index contributed by atoms with van der Waals surface area (Å²) in [7, 11) is 0. The molecule has 3 aromatic rings. The van der Waals surface area contributed by atoms with Crippen molar-refractivity contribution in [3.8, 4) is 0 Å². The highest BCUT2D eigenvalue weighted by atomic mass is 32.1. The highest BCUT2D eigenvalue weighted by Crippen LogP contribution is 2.23. The van der Waals surface area contributed by atoms with Crippen LogP contribution in [0.15, 0.2) is 47.3 Å². The second-order valence-corrected chi connectivity index (χ2v) is 6.74. The fourth-order valence-electron chi connectivity index (χ4n) is 2.67. The van der Waals surface area contributed by atoms with Gasteiger partial charge in [-0.1, -0.05) is 32.0 Å². The van der Waals surface area contributed by atoms with Crippen molar-refractivity contribution >= 4 is 22.2 Å². The number of hydrogen-bond acceptors (Lipinski definition) is 2. The molecule has 1 N–H and O–H groups in total. The summed E-state index contributed by atoms with van der Waals surface area (Å²) in [6, 6.07) is 10.9. The Morgan fingerprint density at radius 3 is 2.81 bits per heavy atom. The van der Waals surface area contributed by atoms with Gasteiger partial charge in [-0.25, -0.2) is 0 Å². The van der Waals surface area contributed by atoms with E-state index in [1.807, 2.05) is 0 Å². The first-order valence-electron chi connectivity index (χ1n) is 7.52. The molecular formula is C18H22N2S.